The van der Waals surface area contributed by atoms with Crippen molar-refractivity contribution in [3.63, 3.8) is 0 Å². The summed E-state index contributed by atoms with van der Waals surface area (Å²) < 4.78 is 0. The van der Waals surface area contributed by atoms with E-state index >= 15 is 0 Å². The van der Waals surface area contributed by atoms with Gasteiger partial charge in [-0.2, -0.15) is 0 Å². The molecule has 0 aromatic rings. The average molecular weight is 183 g/mol. The van der Waals surface area contributed by atoms with E-state index in [0.717, 1.165) is 12.8 Å². The quantitative estimate of drug-likeness (QED) is 0.611. The van der Waals surface area contributed by atoms with Gasteiger partial charge in [0.2, 0.25) is 0 Å². The normalized spacial score (nSPS) is 25.9. The Hall–Kier alpha value is -0.370. The summed E-state index contributed by atoms with van der Waals surface area (Å²) in [6.07, 6.45) is 4.85. The van der Waals surface area contributed by atoms with Gasteiger partial charge < -0.3 is 4.79 Å². The second-order valence-corrected chi connectivity index (χ2v) is 5.04. The highest BCUT2D eigenvalue weighted by Gasteiger charge is 2.31. The molecule has 13 heavy (non-hydrogen) atoms. The summed E-state index contributed by atoms with van der Waals surface area (Å²) in [6, 6.07) is 0.589. The van der Waals surface area contributed by atoms with Gasteiger partial charge in [-0.3, -0.25) is 4.90 Å². The monoisotopic (exact) mass is 183 g/mol. The topological polar surface area (TPSA) is 20.3 Å². The van der Waals surface area contributed by atoms with E-state index in [2.05, 4.69) is 25.7 Å². The molecule has 1 saturated heterocycles. The number of likely N-dealkylation sites (tertiary alicyclic amines) is 1. The lowest BCUT2D eigenvalue weighted by molar-refractivity contribution is -0.110. The number of carbonyl (C=O) groups excluding carboxylic acids is 1. The standard InChI is InChI=1S/C11H21NO/c1-11(2,3)10-6-4-5-7-12(10)8-9-13/h9-10H,4-8H2,1-3H3. The predicted molar refractivity (Wildman–Crippen MR) is 54.7 cm³/mol. The number of piperidine rings is 1. The molecule has 0 radical (unpaired) electrons. The van der Waals surface area contributed by atoms with Gasteiger partial charge in [0.1, 0.15) is 6.29 Å². The van der Waals surface area contributed by atoms with Gasteiger partial charge >= 0.3 is 0 Å². The minimum absolute atomic E-state index is 0.309. The highest BCUT2D eigenvalue weighted by molar-refractivity contribution is 5.52. The summed E-state index contributed by atoms with van der Waals surface area (Å²) >= 11 is 0. The third-order valence-electron chi connectivity index (χ3n) is 2.92. The summed E-state index contributed by atoms with van der Waals surface area (Å²) in [5.41, 5.74) is 0.309. The molecule has 0 saturated carbocycles. The molecule has 0 amide bonds. The summed E-state index contributed by atoms with van der Waals surface area (Å²) in [7, 11) is 0. The number of hydrogen-bond acceptors (Lipinski definition) is 2. The molecule has 0 aliphatic carbocycles. The van der Waals surface area contributed by atoms with Gasteiger partial charge in [0, 0.05) is 6.04 Å². The van der Waals surface area contributed by atoms with Crippen molar-refractivity contribution in [2.45, 2.75) is 46.1 Å². The summed E-state index contributed by atoms with van der Waals surface area (Å²) in [5, 5.41) is 0. The molecule has 0 N–H and O–H groups in total. The van der Waals surface area contributed by atoms with Crippen molar-refractivity contribution in [1.82, 2.24) is 4.90 Å². The van der Waals surface area contributed by atoms with Crippen LogP contribution in [-0.4, -0.2) is 30.3 Å². The van der Waals surface area contributed by atoms with Crippen molar-refractivity contribution in [1.29, 1.82) is 0 Å². The number of carbonyl (C=O) groups is 1. The molecule has 0 aromatic heterocycles. The van der Waals surface area contributed by atoms with Crippen LogP contribution in [0.25, 0.3) is 0 Å². The van der Waals surface area contributed by atoms with E-state index in [4.69, 9.17) is 0 Å². The number of aldehydes is 1. The van der Waals surface area contributed by atoms with E-state index in [1.807, 2.05) is 0 Å². The van der Waals surface area contributed by atoms with E-state index in [1.54, 1.807) is 0 Å². The first-order valence-electron chi connectivity index (χ1n) is 5.23. The second-order valence-electron chi connectivity index (χ2n) is 5.04. The van der Waals surface area contributed by atoms with Gasteiger partial charge in [0.25, 0.3) is 0 Å². The van der Waals surface area contributed by atoms with Crippen molar-refractivity contribution in [2.75, 3.05) is 13.1 Å². The van der Waals surface area contributed by atoms with Gasteiger partial charge in [-0.15, -0.1) is 0 Å². The van der Waals surface area contributed by atoms with Crippen LogP contribution in [0, 0.1) is 5.41 Å². The summed E-state index contributed by atoms with van der Waals surface area (Å²) in [5.74, 6) is 0. The lowest BCUT2D eigenvalue weighted by Gasteiger charge is -2.42. The fourth-order valence-electron chi connectivity index (χ4n) is 2.29. The van der Waals surface area contributed by atoms with Crippen LogP contribution in [0.3, 0.4) is 0 Å². The van der Waals surface area contributed by atoms with Crippen LogP contribution >= 0.6 is 0 Å². The highest BCUT2D eigenvalue weighted by Crippen LogP contribution is 2.31. The molecule has 0 bridgehead atoms. The molecular weight excluding hydrogens is 162 g/mol. The molecule has 1 aliphatic rings. The Balaban J connectivity index is 2.61. The number of nitrogens with zero attached hydrogens (tertiary/aromatic N) is 1. The molecule has 0 aromatic carbocycles. The molecule has 0 spiro atoms. The fraction of sp³-hybridized carbons (Fsp3) is 0.909. The predicted octanol–water partition coefficient (Wildman–Crippen LogP) is 2.09. The van der Waals surface area contributed by atoms with Crippen molar-refractivity contribution < 1.29 is 4.79 Å². The molecule has 2 nitrogen and oxygen atoms in total. The molecule has 1 rings (SSSR count). The minimum Gasteiger partial charge on any atom is -0.302 e. The maximum Gasteiger partial charge on any atom is 0.133 e. The van der Waals surface area contributed by atoms with Crippen LogP contribution in [0.4, 0.5) is 0 Å². The summed E-state index contributed by atoms with van der Waals surface area (Å²) in [6.45, 7) is 8.50. The maximum atomic E-state index is 10.5. The van der Waals surface area contributed by atoms with E-state index in [0.29, 0.717) is 18.0 Å². The Kier molecular flexibility index (Phi) is 3.48. The van der Waals surface area contributed by atoms with Crippen LogP contribution in [0.1, 0.15) is 40.0 Å². The third kappa shape index (κ3) is 2.80. The molecule has 76 valence electrons. The number of hydrogen-bond donors (Lipinski definition) is 0. The molecular formula is C11H21NO. The minimum atomic E-state index is 0.309. The largest absolute Gasteiger partial charge is 0.302 e. The second kappa shape index (κ2) is 4.23. The zero-order valence-corrected chi connectivity index (χ0v) is 9.05. The number of rotatable bonds is 2. The van der Waals surface area contributed by atoms with Crippen LogP contribution in [0.15, 0.2) is 0 Å². The van der Waals surface area contributed by atoms with Crippen LogP contribution in [0.5, 0.6) is 0 Å². The Morgan fingerprint density at radius 3 is 2.62 bits per heavy atom. The Morgan fingerprint density at radius 1 is 1.38 bits per heavy atom. The first-order valence-corrected chi connectivity index (χ1v) is 5.23. The van der Waals surface area contributed by atoms with Crippen LogP contribution in [0.2, 0.25) is 0 Å². The van der Waals surface area contributed by atoms with Gasteiger partial charge in [-0.25, -0.2) is 0 Å². The lowest BCUT2D eigenvalue weighted by atomic mass is 9.81. The van der Waals surface area contributed by atoms with Crippen molar-refractivity contribution in [3.05, 3.63) is 0 Å². The zero-order valence-electron chi connectivity index (χ0n) is 9.05. The van der Waals surface area contributed by atoms with Gasteiger partial charge in [-0.05, 0) is 24.8 Å². The molecule has 1 atom stereocenters. The van der Waals surface area contributed by atoms with Gasteiger partial charge in [0.05, 0.1) is 6.54 Å². The van der Waals surface area contributed by atoms with Crippen molar-refractivity contribution in [2.24, 2.45) is 5.41 Å². The van der Waals surface area contributed by atoms with Crippen molar-refractivity contribution in [3.8, 4) is 0 Å². The Morgan fingerprint density at radius 2 is 2.08 bits per heavy atom. The van der Waals surface area contributed by atoms with E-state index in [9.17, 15) is 4.79 Å². The van der Waals surface area contributed by atoms with E-state index in [1.165, 1.54) is 19.3 Å². The Labute approximate surface area is 81.3 Å². The lowest BCUT2D eigenvalue weighted by Crippen LogP contribution is -2.47. The molecule has 2 heteroatoms. The smallest absolute Gasteiger partial charge is 0.133 e. The third-order valence-corrected chi connectivity index (χ3v) is 2.92. The molecule has 1 fully saturated rings. The fourth-order valence-corrected chi connectivity index (χ4v) is 2.29. The van der Waals surface area contributed by atoms with Gasteiger partial charge in [-0.1, -0.05) is 27.2 Å². The Bertz CT molecular complexity index is 171. The maximum absolute atomic E-state index is 10.5. The van der Waals surface area contributed by atoms with Gasteiger partial charge in [0.15, 0.2) is 0 Å². The van der Waals surface area contributed by atoms with Crippen molar-refractivity contribution >= 4 is 6.29 Å². The zero-order chi connectivity index (χ0) is 9.90. The van der Waals surface area contributed by atoms with Crippen LogP contribution < -0.4 is 0 Å². The van der Waals surface area contributed by atoms with E-state index in [-0.39, 0.29) is 0 Å². The van der Waals surface area contributed by atoms with Crippen LogP contribution in [-0.2, 0) is 4.79 Å². The first-order chi connectivity index (χ1) is 6.05. The summed E-state index contributed by atoms with van der Waals surface area (Å²) in [4.78, 5) is 12.8. The van der Waals surface area contributed by atoms with E-state index < -0.39 is 0 Å². The first kappa shape index (κ1) is 10.7. The SMILES string of the molecule is CC(C)(C)C1CCCCN1CC=O. The molecule has 1 unspecified atom stereocenters. The highest BCUT2D eigenvalue weighted by atomic mass is 16.1. The molecule has 1 aliphatic heterocycles. The molecule has 1 heterocycles. The average Bonchev–Trinajstić information content (AvgIpc) is 2.04.